The van der Waals surface area contributed by atoms with Crippen LogP contribution in [0.25, 0.3) is 10.9 Å². The Morgan fingerprint density at radius 3 is 2.36 bits per heavy atom. The van der Waals surface area contributed by atoms with Gasteiger partial charge in [0.25, 0.3) is 0 Å². The van der Waals surface area contributed by atoms with Gasteiger partial charge in [-0.1, -0.05) is 24.3 Å². The maximum Gasteiger partial charge on any atom is 0.416 e. The Bertz CT molecular complexity index is 1180. The van der Waals surface area contributed by atoms with Crippen LogP contribution in [0.15, 0.2) is 60.8 Å². The Kier molecular flexibility index (Phi) is 7.03. The number of nitrogens with one attached hydrogen (secondary N) is 1. The van der Waals surface area contributed by atoms with Crippen molar-refractivity contribution in [3.63, 3.8) is 0 Å². The fourth-order valence-corrected chi connectivity index (χ4v) is 5.43. The molecule has 2 fully saturated rings. The molecule has 1 aliphatic heterocycles. The Hall–Kier alpha value is -3.29. The van der Waals surface area contributed by atoms with Crippen molar-refractivity contribution in [3.8, 4) is 0 Å². The lowest BCUT2D eigenvalue weighted by atomic mass is 9.81. The summed E-state index contributed by atoms with van der Waals surface area (Å²) in [6.07, 6.45) is 0.859. The zero-order valence-corrected chi connectivity index (χ0v) is 20.2. The van der Waals surface area contributed by atoms with Crippen LogP contribution in [0.4, 0.5) is 24.5 Å². The summed E-state index contributed by atoms with van der Waals surface area (Å²) in [4.78, 5) is 21.6. The first-order chi connectivity index (χ1) is 17.4. The van der Waals surface area contributed by atoms with E-state index in [-0.39, 0.29) is 11.8 Å². The zero-order valence-electron chi connectivity index (χ0n) is 20.2. The van der Waals surface area contributed by atoms with Crippen molar-refractivity contribution in [2.24, 2.45) is 11.8 Å². The van der Waals surface area contributed by atoms with E-state index in [2.05, 4.69) is 27.3 Å². The molecule has 2 aliphatic rings. The molecule has 1 amide bonds. The molecule has 5 nitrogen and oxygen atoms in total. The van der Waals surface area contributed by atoms with E-state index >= 15 is 0 Å². The van der Waals surface area contributed by atoms with E-state index < -0.39 is 11.7 Å². The predicted molar refractivity (Wildman–Crippen MR) is 136 cm³/mol. The van der Waals surface area contributed by atoms with Crippen molar-refractivity contribution in [2.75, 3.05) is 42.9 Å². The van der Waals surface area contributed by atoms with Gasteiger partial charge in [-0.3, -0.25) is 9.78 Å². The van der Waals surface area contributed by atoms with Crippen LogP contribution in [-0.2, 0) is 11.0 Å². The summed E-state index contributed by atoms with van der Waals surface area (Å²) >= 11 is 0. The van der Waals surface area contributed by atoms with E-state index in [0.717, 1.165) is 76.2 Å². The number of carbonyl (C=O) groups is 1. The van der Waals surface area contributed by atoms with E-state index in [1.54, 1.807) is 6.07 Å². The summed E-state index contributed by atoms with van der Waals surface area (Å²) in [5.41, 5.74) is 1.64. The minimum absolute atomic E-state index is 0.0899. The number of alkyl halides is 3. The number of nitrogens with zero attached hydrogens (tertiary/aromatic N) is 3. The lowest BCUT2D eigenvalue weighted by Crippen LogP contribution is -2.50. The van der Waals surface area contributed by atoms with Gasteiger partial charge in [0, 0.05) is 61.6 Å². The molecule has 1 saturated carbocycles. The third-order valence-electron chi connectivity index (χ3n) is 7.56. The molecule has 1 aromatic heterocycles. The average molecular weight is 497 g/mol. The summed E-state index contributed by atoms with van der Waals surface area (Å²) in [6, 6.07) is 15.8. The fourth-order valence-electron chi connectivity index (χ4n) is 5.43. The highest BCUT2D eigenvalue weighted by Gasteiger charge is 2.32. The predicted octanol–water partition coefficient (Wildman–Crippen LogP) is 5.82. The molecule has 3 aromatic rings. The van der Waals surface area contributed by atoms with Crippen molar-refractivity contribution in [1.29, 1.82) is 0 Å². The van der Waals surface area contributed by atoms with Gasteiger partial charge in [0.1, 0.15) is 0 Å². The van der Waals surface area contributed by atoms with Crippen LogP contribution in [0.3, 0.4) is 0 Å². The second-order valence-electron chi connectivity index (χ2n) is 9.83. The Labute approximate surface area is 209 Å². The summed E-state index contributed by atoms with van der Waals surface area (Å²) in [5, 5.41) is 4.11. The van der Waals surface area contributed by atoms with Gasteiger partial charge in [-0.2, -0.15) is 13.2 Å². The van der Waals surface area contributed by atoms with Crippen LogP contribution in [0.2, 0.25) is 0 Å². The highest BCUT2D eigenvalue weighted by Crippen LogP contribution is 2.34. The number of anilines is 2. The van der Waals surface area contributed by atoms with Crippen LogP contribution >= 0.6 is 0 Å². The molecule has 0 unspecified atom stereocenters. The number of benzene rings is 2. The first-order valence-corrected chi connectivity index (χ1v) is 12.7. The number of amides is 1. The Morgan fingerprint density at radius 1 is 0.944 bits per heavy atom. The van der Waals surface area contributed by atoms with E-state index in [1.807, 2.05) is 23.1 Å². The van der Waals surface area contributed by atoms with Gasteiger partial charge in [0.2, 0.25) is 5.91 Å². The number of rotatable bonds is 5. The van der Waals surface area contributed by atoms with E-state index in [1.165, 1.54) is 18.0 Å². The molecule has 1 N–H and O–H groups in total. The molecule has 2 heterocycles. The van der Waals surface area contributed by atoms with Gasteiger partial charge in [-0.25, -0.2) is 0 Å². The monoisotopic (exact) mass is 496 g/mol. The van der Waals surface area contributed by atoms with Gasteiger partial charge in [0.15, 0.2) is 0 Å². The second-order valence-corrected chi connectivity index (χ2v) is 9.83. The summed E-state index contributed by atoms with van der Waals surface area (Å²) in [7, 11) is 0. The molecular weight excluding hydrogens is 465 g/mol. The SMILES string of the molecule is O=C(C1CCC(CNc2ccnc3cc(C(F)(F)F)ccc23)CC1)N1CCN(c2ccccc2)CC1. The molecular formula is C28H31F3N4O. The highest BCUT2D eigenvalue weighted by atomic mass is 19.4. The van der Waals surface area contributed by atoms with Gasteiger partial charge < -0.3 is 15.1 Å². The van der Waals surface area contributed by atoms with Crippen LogP contribution in [0.5, 0.6) is 0 Å². The summed E-state index contributed by atoms with van der Waals surface area (Å²) in [6.45, 7) is 3.98. The van der Waals surface area contributed by atoms with E-state index in [9.17, 15) is 18.0 Å². The van der Waals surface area contributed by atoms with Crippen LogP contribution in [0.1, 0.15) is 31.2 Å². The third kappa shape index (κ3) is 5.42. The number of carbonyl (C=O) groups excluding carboxylic acids is 1. The minimum Gasteiger partial charge on any atom is -0.384 e. The van der Waals surface area contributed by atoms with Gasteiger partial charge in [-0.15, -0.1) is 0 Å². The van der Waals surface area contributed by atoms with Gasteiger partial charge >= 0.3 is 6.18 Å². The van der Waals surface area contributed by atoms with Crippen LogP contribution < -0.4 is 10.2 Å². The smallest absolute Gasteiger partial charge is 0.384 e. The Morgan fingerprint density at radius 2 is 1.67 bits per heavy atom. The number of pyridine rings is 1. The lowest BCUT2D eigenvalue weighted by molar-refractivity contribution is -0.138. The summed E-state index contributed by atoms with van der Waals surface area (Å²) in [5.74, 6) is 0.809. The molecule has 0 spiro atoms. The van der Waals surface area contributed by atoms with Crippen LogP contribution in [-0.4, -0.2) is 48.5 Å². The summed E-state index contributed by atoms with van der Waals surface area (Å²) < 4.78 is 39.1. The Balaban J connectivity index is 1.11. The fraction of sp³-hybridized carbons (Fsp3) is 0.429. The maximum atomic E-state index is 13.1. The molecule has 36 heavy (non-hydrogen) atoms. The number of hydrogen-bond acceptors (Lipinski definition) is 4. The molecule has 1 aliphatic carbocycles. The number of halogens is 3. The van der Waals surface area contributed by atoms with Crippen molar-refractivity contribution in [2.45, 2.75) is 31.9 Å². The molecule has 0 atom stereocenters. The number of para-hydroxylation sites is 1. The first-order valence-electron chi connectivity index (χ1n) is 12.7. The number of fused-ring (bicyclic) bond motifs is 1. The molecule has 5 rings (SSSR count). The third-order valence-corrected chi connectivity index (χ3v) is 7.56. The van der Waals surface area contributed by atoms with Gasteiger partial charge in [-0.05, 0) is 61.9 Å². The molecule has 8 heteroatoms. The lowest BCUT2D eigenvalue weighted by Gasteiger charge is -2.39. The van der Waals surface area contributed by atoms with Crippen molar-refractivity contribution >= 4 is 28.2 Å². The number of hydrogen-bond donors (Lipinski definition) is 1. The molecule has 0 bridgehead atoms. The largest absolute Gasteiger partial charge is 0.416 e. The quantitative estimate of drug-likeness (QED) is 0.484. The van der Waals surface area contributed by atoms with E-state index in [0.29, 0.717) is 16.8 Å². The van der Waals surface area contributed by atoms with Crippen molar-refractivity contribution in [3.05, 3.63) is 66.4 Å². The van der Waals surface area contributed by atoms with Crippen molar-refractivity contribution < 1.29 is 18.0 Å². The minimum atomic E-state index is -4.38. The standard InChI is InChI=1S/C28H31F3N4O/c29-28(30,31)22-10-11-24-25(12-13-32-26(24)18-22)33-19-20-6-8-21(9-7-20)27(36)35-16-14-34(15-17-35)23-4-2-1-3-5-23/h1-5,10-13,18,20-21H,6-9,14-17,19H2,(H,32,33). The maximum absolute atomic E-state index is 13.1. The second kappa shape index (κ2) is 10.4. The van der Waals surface area contributed by atoms with Gasteiger partial charge in [0.05, 0.1) is 11.1 Å². The number of piperazine rings is 1. The topological polar surface area (TPSA) is 48.5 Å². The van der Waals surface area contributed by atoms with Crippen LogP contribution in [0, 0.1) is 11.8 Å². The molecule has 0 radical (unpaired) electrons. The van der Waals surface area contributed by atoms with E-state index in [4.69, 9.17) is 0 Å². The first kappa shape index (κ1) is 24.4. The van der Waals surface area contributed by atoms with Crippen molar-refractivity contribution in [1.82, 2.24) is 9.88 Å². The number of aromatic nitrogens is 1. The molecule has 1 saturated heterocycles. The average Bonchev–Trinajstić information content (AvgIpc) is 2.91. The molecule has 2 aromatic carbocycles. The normalized spacial score (nSPS) is 21.0. The highest BCUT2D eigenvalue weighted by molar-refractivity contribution is 5.91. The zero-order chi connectivity index (χ0) is 25.1. The molecule has 190 valence electrons.